The molecular formula is C10H22N2O2. The first kappa shape index (κ1) is 13.4. The van der Waals surface area contributed by atoms with Gasteiger partial charge in [0, 0.05) is 12.6 Å². The summed E-state index contributed by atoms with van der Waals surface area (Å²) >= 11 is 0. The van der Waals surface area contributed by atoms with E-state index >= 15 is 0 Å². The van der Waals surface area contributed by atoms with E-state index in [1.807, 2.05) is 0 Å². The first-order chi connectivity index (χ1) is 6.52. The first-order valence-corrected chi connectivity index (χ1v) is 5.19. The van der Waals surface area contributed by atoms with Crippen molar-refractivity contribution in [3.8, 4) is 0 Å². The normalized spacial score (nSPS) is 13.4. The van der Waals surface area contributed by atoms with Crippen molar-refractivity contribution in [2.45, 2.75) is 39.8 Å². The summed E-state index contributed by atoms with van der Waals surface area (Å²) < 4.78 is 4.84. The van der Waals surface area contributed by atoms with Crippen LogP contribution in [0.1, 0.15) is 27.7 Å². The second kappa shape index (κ2) is 6.79. The molecule has 84 valence electrons. The predicted molar refractivity (Wildman–Crippen MR) is 57.0 cm³/mol. The van der Waals surface area contributed by atoms with E-state index < -0.39 is 6.04 Å². The Balaban J connectivity index is 4.01. The van der Waals surface area contributed by atoms with Crippen LogP contribution in [0.4, 0.5) is 0 Å². The number of hydrogen-bond acceptors (Lipinski definition) is 4. The number of hydrogen-bond donors (Lipinski definition) is 1. The average Bonchev–Trinajstić information content (AvgIpc) is 2.13. The van der Waals surface area contributed by atoms with Gasteiger partial charge in [0.05, 0.1) is 6.61 Å². The molecule has 0 aromatic rings. The van der Waals surface area contributed by atoms with E-state index in [1.165, 1.54) is 0 Å². The molecular weight excluding hydrogens is 180 g/mol. The van der Waals surface area contributed by atoms with Crippen LogP contribution in [0, 0.1) is 0 Å². The van der Waals surface area contributed by atoms with E-state index in [0.717, 1.165) is 6.54 Å². The van der Waals surface area contributed by atoms with Gasteiger partial charge in [-0.05, 0) is 27.3 Å². The van der Waals surface area contributed by atoms with E-state index in [4.69, 9.17) is 10.5 Å². The summed E-state index contributed by atoms with van der Waals surface area (Å²) in [6.07, 6.45) is 0. The zero-order valence-electron chi connectivity index (χ0n) is 9.62. The molecule has 0 radical (unpaired) electrons. The molecule has 0 aliphatic heterocycles. The van der Waals surface area contributed by atoms with Crippen LogP contribution >= 0.6 is 0 Å². The molecule has 0 aliphatic carbocycles. The van der Waals surface area contributed by atoms with Gasteiger partial charge in [0.1, 0.15) is 6.04 Å². The topological polar surface area (TPSA) is 55.6 Å². The van der Waals surface area contributed by atoms with Crippen LogP contribution in [0.3, 0.4) is 0 Å². The Morgan fingerprint density at radius 3 is 2.36 bits per heavy atom. The summed E-state index contributed by atoms with van der Waals surface area (Å²) in [6, 6.07) is -0.127. The van der Waals surface area contributed by atoms with Crippen molar-refractivity contribution in [1.82, 2.24) is 4.90 Å². The number of ether oxygens (including phenoxy) is 1. The molecule has 0 spiro atoms. The van der Waals surface area contributed by atoms with Crippen molar-refractivity contribution in [2.75, 3.05) is 19.7 Å². The third-order valence-corrected chi connectivity index (χ3v) is 2.16. The highest BCUT2D eigenvalue weighted by molar-refractivity contribution is 5.75. The zero-order valence-corrected chi connectivity index (χ0v) is 9.62. The lowest BCUT2D eigenvalue weighted by atomic mass is 10.2. The molecule has 0 aromatic carbocycles. The van der Waals surface area contributed by atoms with Crippen LogP contribution in [-0.2, 0) is 9.53 Å². The van der Waals surface area contributed by atoms with E-state index in [-0.39, 0.29) is 5.97 Å². The molecule has 0 aliphatic rings. The minimum absolute atomic E-state index is 0.313. The summed E-state index contributed by atoms with van der Waals surface area (Å²) in [4.78, 5) is 13.4. The SMILES string of the molecule is CCOC(=O)C(N)CN(CC)C(C)C. The fourth-order valence-corrected chi connectivity index (χ4v) is 1.28. The monoisotopic (exact) mass is 202 g/mol. The molecule has 0 aromatic heterocycles. The minimum atomic E-state index is -0.530. The van der Waals surface area contributed by atoms with Crippen molar-refractivity contribution >= 4 is 5.97 Å². The fraction of sp³-hybridized carbons (Fsp3) is 0.900. The number of carbonyl (C=O) groups is 1. The summed E-state index contributed by atoms with van der Waals surface area (Å²) in [5, 5.41) is 0. The number of nitrogens with zero attached hydrogens (tertiary/aromatic N) is 1. The van der Waals surface area contributed by atoms with Gasteiger partial charge in [-0.15, -0.1) is 0 Å². The van der Waals surface area contributed by atoms with Gasteiger partial charge in [-0.1, -0.05) is 6.92 Å². The highest BCUT2D eigenvalue weighted by Gasteiger charge is 2.18. The van der Waals surface area contributed by atoms with Crippen molar-refractivity contribution in [3.05, 3.63) is 0 Å². The van der Waals surface area contributed by atoms with Gasteiger partial charge in [-0.25, -0.2) is 0 Å². The summed E-state index contributed by atoms with van der Waals surface area (Å²) in [5.74, 6) is -0.313. The van der Waals surface area contributed by atoms with Crippen molar-refractivity contribution in [1.29, 1.82) is 0 Å². The molecule has 1 unspecified atom stereocenters. The second-order valence-corrected chi connectivity index (χ2v) is 3.54. The fourth-order valence-electron chi connectivity index (χ4n) is 1.28. The van der Waals surface area contributed by atoms with Crippen molar-refractivity contribution < 1.29 is 9.53 Å². The van der Waals surface area contributed by atoms with Gasteiger partial charge < -0.3 is 10.5 Å². The van der Waals surface area contributed by atoms with Gasteiger partial charge >= 0.3 is 5.97 Å². The molecule has 4 nitrogen and oxygen atoms in total. The summed E-state index contributed by atoms with van der Waals surface area (Å²) in [7, 11) is 0. The quantitative estimate of drug-likeness (QED) is 0.641. The molecule has 0 rings (SSSR count). The highest BCUT2D eigenvalue weighted by Crippen LogP contribution is 1.99. The number of nitrogens with two attached hydrogens (primary N) is 1. The molecule has 0 saturated carbocycles. The van der Waals surface area contributed by atoms with E-state index in [2.05, 4.69) is 25.7 Å². The maximum atomic E-state index is 11.2. The second-order valence-electron chi connectivity index (χ2n) is 3.54. The van der Waals surface area contributed by atoms with Gasteiger partial charge in [-0.3, -0.25) is 9.69 Å². The van der Waals surface area contributed by atoms with Crippen LogP contribution in [0.2, 0.25) is 0 Å². The number of likely N-dealkylation sites (N-methyl/N-ethyl adjacent to an activating group) is 1. The Bertz CT molecular complexity index is 172. The minimum Gasteiger partial charge on any atom is -0.465 e. The van der Waals surface area contributed by atoms with Crippen LogP contribution in [0.15, 0.2) is 0 Å². The Morgan fingerprint density at radius 1 is 1.43 bits per heavy atom. The Kier molecular flexibility index (Phi) is 6.49. The van der Waals surface area contributed by atoms with Gasteiger partial charge in [-0.2, -0.15) is 0 Å². The van der Waals surface area contributed by atoms with E-state index in [1.54, 1.807) is 6.92 Å². The summed E-state index contributed by atoms with van der Waals surface area (Å²) in [6.45, 7) is 9.85. The number of carbonyl (C=O) groups excluding carboxylic acids is 1. The average molecular weight is 202 g/mol. The lowest BCUT2D eigenvalue weighted by molar-refractivity contribution is -0.145. The first-order valence-electron chi connectivity index (χ1n) is 5.19. The summed E-state index contributed by atoms with van der Waals surface area (Å²) in [5.41, 5.74) is 5.70. The van der Waals surface area contributed by atoms with Crippen molar-refractivity contribution in [2.24, 2.45) is 5.73 Å². The van der Waals surface area contributed by atoms with Crippen LogP contribution < -0.4 is 5.73 Å². The Labute approximate surface area is 86.4 Å². The van der Waals surface area contributed by atoms with Crippen LogP contribution in [0.25, 0.3) is 0 Å². The lowest BCUT2D eigenvalue weighted by Crippen LogP contribution is -2.45. The van der Waals surface area contributed by atoms with Crippen LogP contribution in [-0.4, -0.2) is 42.6 Å². The molecule has 14 heavy (non-hydrogen) atoms. The van der Waals surface area contributed by atoms with Gasteiger partial charge in [0.15, 0.2) is 0 Å². The molecule has 0 saturated heterocycles. The standard InChI is InChI=1S/C10H22N2O2/c1-5-12(8(3)4)7-9(11)10(13)14-6-2/h8-9H,5-7,11H2,1-4H3. The smallest absolute Gasteiger partial charge is 0.324 e. The molecule has 4 heteroatoms. The Morgan fingerprint density at radius 2 is 2.00 bits per heavy atom. The molecule has 0 bridgehead atoms. The highest BCUT2D eigenvalue weighted by atomic mass is 16.5. The van der Waals surface area contributed by atoms with Gasteiger partial charge in [0.2, 0.25) is 0 Å². The van der Waals surface area contributed by atoms with Crippen molar-refractivity contribution in [3.63, 3.8) is 0 Å². The zero-order chi connectivity index (χ0) is 11.1. The molecule has 0 fully saturated rings. The third kappa shape index (κ3) is 4.58. The molecule has 1 atom stereocenters. The van der Waals surface area contributed by atoms with E-state index in [0.29, 0.717) is 19.2 Å². The maximum absolute atomic E-state index is 11.2. The maximum Gasteiger partial charge on any atom is 0.324 e. The largest absolute Gasteiger partial charge is 0.465 e. The lowest BCUT2D eigenvalue weighted by Gasteiger charge is -2.26. The third-order valence-electron chi connectivity index (χ3n) is 2.16. The van der Waals surface area contributed by atoms with E-state index in [9.17, 15) is 4.79 Å². The number of esters is 1. The predicted octanol–water partition coefficient (Wildman–Crippen LogP) is 0.607. The molecule has 0 amide bonds. The van der Waals surface area contributed by atoms with Crippen LogP contribution in [0.5, 0.6) is 0 Å². The molecule has 0 heterocycles. The van der Waals surface area contributed by atoms with Gasteiger partial charge in [0.25, 0.3) is 0 Å². The number of rotatable bonds is 6. The molecule has 2 N–H and O–H groups in total. The Hall–Kier alpha value is -0.610.